The first-order valence-corrected chi connectivity index (χ1v) is 12.0. The Morgan fingerprint density at radius 1 is 1.00 bits per heavy atom. The molecule has 34 heavy (non-hydrogen) atoms. The number of aromatic hydroxyl groups is 1. The Morgan fingerprint density at radius 2 is 1.76 bits per heavy atom. The summed E-state index contributed by atoms with van der Waals surface area (Å²) in [4.78, 5) is 32.2. The van der Waals surface area contributed by atoms with Crippen LogP contribution >= 0.6 is 0 Å². The third kappa shape index (κ3) is 4.14. The number of phenolic OH excluding ortho intramolecular Hbond substituents is 1. The summed E-state index contributed by atoms with van der Waals surface area (Å²) in [6, 6.07) is 9.08. The van der Waals surface area contributed by atoms with Crippen molar-refractivity contribution in [2.45, 2.75) is 39.3 Å². The maximum atomic E-state index is 13.4. The molecule has 2 aromatic carbocycles. The van der Waals surface area contributed by atoms with Crippen LogP contribution in [0.15, 0.2) is 30.3 Å². The quantitative estimate of drug-likeness (QED) is 0.609. The van der Waals surface area contributed by atoms with E-state index in [9.17, 15) is 14.7 Å². The van der Waals surface area contributed by atoms with E-state index in [-0.39, 0.29) is 23.1 Å². The molecule has 8 nitrogen and oxygen atoms in total. The number of unbranched alkanes of at least 4 members (excludes halogenated alkanes) is 1. The molecule has 2 aliphatic heterocycles. The first kappa shape index (κ1) is 22.4. The number of likely N-dealkylation sites (N-methyl/N-ethyl adjacent to an activating group) is 1. The lowest BCUT2D eigenvalue weighted by molar-refractivity contribution is 0.0663. The second-order valence-corrected chi connectivity index (χ2v) is 9.43. The highest BCUT2D eigenvalue weighted by Crippen LogP contribution is 2.31. The molecule has 2 amide bonds. The standard InChI is InChI=1S/C26H31N5O3/c1-3-4-5-22-20-13-21(24(32)14-23(20)28-27-22)26(34)31-15-18-7-6-17(12-19(18)16-31)25(33)30-10-8-29(2)9-11-30/h6-7,12-14,32H,3-5,8-11,15-16H2,1-2H3,(H,27,28). The normalized spacial score (nSPS) is 16.3. The number of carbonyl (C=O) groups is 2. The minimum absolute atomic E-state index is 0.0448. The van der Waals surface area contributed by atoms with Gasteiger partial charge in [-0.2, -0.15) is 5.10 Å². The number of amides is 2. The van der Waals surface area contributed by atoms with E-state index >= 15 is 0 Å². The third-order valence-corrected chi connectivity index (χ3v) is 7.01. The van der Waals surface area contributed by atoms with Crippen LogP contribution in [-0.4, -0.2) is 75.0 Å². The Hall–Kier alpha value is -3.39. The van der Waals surface area contributed by atoms with Gasteiger partial charge in [-0.25, -0.2) is 0 Å². The molecule has 1 aromatic heterocycles. The summed E-state index contributed by atoms with van der Waals surface area (Å²) in [5.41, 5.74) is 4.63. The third-order valence-electron chi connectivity index (χ3n) is 7.01. The van der Waals surface area contributed by atoms with Crippen LogP contribution in [0.1, 0.15) is 57.3 Å². The van der Waals surface area contributed by atoms with Gasteiger partial charge in [-0.05, 0) is 49.2 Å². The Labute approximate surface area is 199 Å². The number of carbonyl (C=O) groups excluding carboxylic acids is 2. The Balaban J connectivity index is 1.34. The summed E-state index contributed by atoms with van der Waals surface area (Å²) >= 11 is 0. The number of phenols is 1. The zero-order valence-electron chi connectivity index (χ0n) is 19.8. The molecule has 1 saturated heterocycles. The van der Waals surface area contributed by atoms with Crippen LogP contribution < -0.4 is 0 Å². The molecule has 2 N–H and O–H groups in total. The number of H-pyrrole nitrogens is 1. The average molecular weight is 462 g/mol. The van der Waals surface area contributed by atoms with E-state index in [1.54, 1.807) is 17.0 Å². The second-order valence-electron chi connectivity index (χ2n) is 9.43. The molecular formula is C26H31N5O3. The highest BCUT2D eigenvalue weighted by atomic mass is 16.3. The molecule has 0 atom stereocenters. The van der Waals surface area contributed by atoms with Crippen molar-refractivity contribution < 1.29 is 14.7 Å². The van der Waals surface area contributed by atoms with Crippen molar-refractivity contribution in [3.8, 4) is 5.75 Å². The molecule has 1 fully saturated rings. The summed E-state index contributed by atoms with van der Waals surface area (Å²) in [7, 11) is 2.07. The van der Waals surface area contributed by atoms with Crippen molar-refractivity contribution in [1.82, 2.24) is 24.9 Å². The topological polar surface area (TPSA) is 92.8 Å². The van der Waals surface area contributed by atoms with Crippen LogP contribution in [0.4, 0.5) is 0 Å². The minimum Gasteiger partial charge on any atom is -0.507 e. The monoisotopic (exact) mass is 461 g/mol. The summed E-state index contributed by atoms with van der Waals surface area (Å²) in [5, 5.41) is 18.8. The predicted octanol–water partition coefficient (Wildman–Crippen LogP) is 3.15. The van der Waals surface area contributed by atoms with Crippen molar-refractivity contribution in [3.63, 3.8) is 0 Å². The summed E-state index contributed by atoms with van der Waals surface area (Å²) in [6.45, 7) is 6.23. The minimum atomic E-state index is -0.217. The van der Waals surface area contributed by atoms with E-state index in [1.165, 1.54) is 0 Å². The lowest BCUT2D eigenvalue weighted by Crippen LogP contribution is -2.47. The zero-order chi connectivity index (χ0) is 23.8. The highest BCUT2D eigenvalue weighted by Gasteiger charge is 2.28. The van der Waals surface area contributed by atoms with Crippen molar-refractivity contribution in [2.24, 2.45) is 0 Å². The molecule has 3 heterocycles. The summed E-state index contributed by atoms with van der Waals surface area (Å²) < 4.78 is 0. The van der Waals surface area contributed by atoms with E-state index in [0.29, 0.717) is 18.7 Å². The van der Waals surface area contributed by atoms with Gasteiger partial charge >= 0.3 is 0 Å². The van der Waals surface area contributed by atoms with Gasteiger partial charge < -0.3 is 19.8 Å². The molecule has 2 aliphatic rings. The number of benzene rings is 2. The lowest BCUT2D eigenvalue weighted by Gasteiger charge is -2.32. The van der Waals surface area contributed by atoms with Crippen LogP contribution in [0.2, 0.25) is 0 Å². The van der Waals surface area contributed by atoms with Crippen molar-refractivity contribution >= 4 is 22.7 Å². The van der Waals surface area contributed by atoms with E-state index < -0.39 is 0 Å². The number of nitrogens with one attached hydrogen (secondary N) is 1. The molecule has 0 saturated carbocycles. The highest BCUT2D eigenvalue weighted by molar-refractivity contribution is 6.01. The second kappa shape index (κ2) is 9.10. The summed E-state index contributed by atoms with van der Waals surface area (Å²) in [6.07, 6.45) is 2.90. The molecule has 0 bridgehead atoms. The molecule has 178 valence electrons. The smallest absolute Gasteiger partial charge is 0.258 e. The molecule has 0 spiro atoms. The first-order valence-electron chi connectivity index (χ1n) is 12.0. The van der Waals surface area contributed by atoms with Gasteiger partial charge in [0.2, 0.25) is 0 Å². The molecule has 0 unspecified atom stereocenters. The number of aromatic amines is 1. The number of nitrogens with zero attached hydrogens (tertiary/aromatic N) is 4. The predicted molar refractivity (Wildman–Crippen MR) is 130 cm³/mol. The number of hydrogen-bond donors (Lipinski definition) is 2. The van der Waals surface area contributed by atoms with Crippen LogP contribution in [0.5, 0.6) is 5.75 Å². The fourth-order valence-corrected chi connectivity index (χ4v) is 4.85. The van der Waals surface area contributed by atoms with Gasteiger partial charge in [-0.1, -0.05) is 19.4 Å². The number of rotatable bonds is 5. The van der Waals surface area contributed by atoms with Crippen LogP contribution in [0, 0.1) is 0 Å². The van der Waals surface area contributed by atoms with Gasteiger partial charge in [0.05, 0.1) is 16.8 Å². The molecular weight excluding hydrogens is 430 g/mol. The lowest BCUT2D eigenvalue weighted by atomic mass is 10.1. The van der Waals surface area contributed by atoms with Crippen LogP contribution in [-0.2, 0) is 19.5 Å². The molecule has 0 aliphatic carbocycles. The van der Waals surface area contributed by atoms with Gasteiger partial charge in [-0.3, -0.25) is 14.7 Å². The van der Waals surface area contributed by atoms with Gasteiger partial charge in [-0.15, -0.1) is 0 Å². The molecule has 3 aromatic rings. The Morgan fingerprint density at radius 3 is 2.53 bits per heavy atom. The number of piperazine rings is 1. The Bertz CT molecular complexity index is 1240. The fraction of sp³-hybridized carbons (Fsp3) is 0.423. The molecule has 8 heteroatoms. The number of hydrogen-bond acceptors (Lipinski definition) is 5. The molecule has 5 rings (SSSR count). The van der Waals surface area contributed by atoms with Crippen molar-refractivity contribution in [1.29, 1.82) is 0 Å². The maximum Gasteiger partial charge on any atom is 0.258 e. The zero-order valence-corrected chi connectivity index (χ0v) is 19.8. The number of fused-ring (bicyclic) bond motifs is 2. The van der Waals surface area contributed by atoms with Crippen molar-refractivity contribution in [3.05, 3.63) is 58.3 Å². The van der Waals surface area contributed by atoms with E-state index in [0.717, 1.165) is 73.2 Å². The van der Waals surface area contributed by atoms with Gasteiger partial charge in [0.15, 0.2) is 0 Å². The van der Waals surface area contributed by atoms with E-state index in [2.05, 4.69) is 29.1 Å². The first-order chi connectivity index (χ1) is 16.4. The van der Waals surface area contributed by atoms with Crippen molar-refractivity contribution in [2.75, 3.05) is 33.2 Å². The van der Waals surface area contributed by atoms with Crippen LogP contribution in [0.25, 0.3) is 10.9 Å². The summed E-state index contributed by atoms with van der Waals surface area (Å²) in [5.74, 6) is -0.224. The van der Waals surface area contributed by atoms with Gasteiger partial charge in [0.25, 0.3) is 11.8 Å². The largest absolute Gasteiger partial charge is 0.507 e. The van der Waals surface area contributed by atoms with Crippen LogP contribution in [0.3, 0.4) is 0 Å². The maximum absolute atomic E-state index is 13.4. The SMILES string of the molecule is CCCCc1n[nH]c2cc(O)c(C(=O)N3Cc4ccc(C(=O)N5CCN(C)CC5)cc4C3)cc12. The van der Waals surface area contributed by atoms with Gasteiger partial charge in [0, 0.05) is 56.3 Å². The van der Waals surface area contributed by atoms with E-state index in [4.69, 9.17) is 0 Å². The fourth-order valence-electron chi connectivity index (χ4n) is 4.85. The number of aryl methyl sites for hydroxylation is 1. The van der Waals surface area contributed by atoms with E-state index in [1.807, 2.05) is 23.1 Å². The molecule has 0 radical (unpaired) electrons. The Kier molecular flexibility index (Phi) is 6.00. The van der Waals surface area contributed by atoms with Gasteiger partial charge in [0.1, 0.15) is 5.75 Å². The number of aromatic nitrogens is 2. The average Bonchev–Trinajstić information content (AvgIpc) is 3.45.